The van der Waals surface area contributed by atoms with E-state index in [1.807, 2.05) is 55.5 Å². The number of para-hydroxylation sites is 1. The molecule has 1 amide bonds. The zero-order valence-corrected chi connectivity index (χ0v) is 15.7. The predicted octanol–water partition coefficient (Wildman–Crippen LogP) is 3.38. The molecular formula is C21H23N3O3. The van der Waals surface area contributed by atoms with Gasteiger partial charge in [0.25, 0.3) is 5.91 Å². The van der Waals surface area contributed by atoms with Gasteiger partial charge in [-0.3, -0.25) is 4.79 Å². The van der Waals surface area contributed by atoms with E-state index in [0.29, 0.717) is 30.0 Å². The van der Waals surface area contributed by atoms with Gasteiger partial charge in [0.05, 0.1) is 37.4 Å². The van der Waals surface area contributed by atoms with E-state index in [4.69, 9.17) is 9.47 Å². The number of hydrogen-bond acceptors (Lipinski definition) is 4. The summed E-state index contributed by atoms with van der Waals surface area (Å²) in [4.78, 5) is 12.8. The second-order valence-electron chi connectivity index (χ2n) is 5.97. The van der Waals surface area contributed by atoms with Crippen LogP contribution in [0.5, 0.6) is 11.5 Å². The van der Waals surface area contributed by atoms with Crippen molar-refractivity contribution in [3.05, 3.63) is 71.5 Å². The van der Waals surface area contributed by atoms with Gasteiger partial charge < -0.3 is 14.8 Å². The van der Waals surface area contributed by atoms with Crippen LogP contribution in [0, 0.1) is 0 Å². The number of hydrogen-bond donors (Lipinski definition) is 1. The van der Waals surface area contributed by atoms with Crippen molar-refractivity contribution in [2.75, 3.05) is 14.2 Å². The zero-order valence-electron chi connectivity index (χ0n) is 15.7. The molecule has 0 aliphatic rings. The van der Waals surface area contributed by atoms with Gasteiger partial charge in [0.15, 0.2) is 0 Å². The molecule has 0 saturated heterocycles. The number of amides is 1. The van der Waals surface area contributed by atoms with Crippen molar-refractivity contribution in [2.24, 2.45) is 0 Å². The van der Waals surface area contributed by atoms with Crippen molar-refractivity contribution in [1.82, 2.24) is 15.1 Å². The maximum Gasteiger partial charge on any atom is 0.255 e. The zero-order chi connectivity index (χ0) is 19.2. The number of methoxy groups -OCH3 is 2. The molecule has 0 fully saturated rings. The lowest BCUT2D eigenvalue weighted by Gasteiger charge is -2.12. The molecule has 0 aliphatic heterocycles. The topological polar surface area (TPSA) is 65.4 Å². The first-order valence-corrected chi connectivity index (χ1v) is 8.79. The minimum atomic E-state index is -0.168. The van der Waals surface area contributed by atoms with E-state index in [0.717, 1.165) is 16.9 Å². The second-order valence-corrected chi connectivity index (χ2v) is 5.97. The fourth-order valence-corrected chi connectivity index (χ4v) is 2.99. The largest absolute Gasteiger partial charge is 0.497 e. The third-order valence-electron chi connectivity index (χ3n) is 4.38. The van der Waals surface area contributed by atoms with Gasteiger partial charge in [-0.15, -0.1) is 0 Å². The minimum absolute atomic E-state index is 0.168. The maximum atomic E-state index is 12.8. The molecule has 0 radical (unpaired) electrons. The lowest BCUT2D eigenvalue weighted by atomic mass is 10.1. The Morgan fingerprint density at radius 2 is 1.89 bits per heavy atom. The molecule has 0 aliphatic carbocycles. The van der Waals surface area contributed by atoms with Gasteiger partial charge in [0.2, 0.25) is 0 Å². The maximum absolute atomic E-state index is 12.8. The molecule has 1 heterocycles. The van der Waals surface area contributed by atoms with Crippen LogP contribution in [0.1, 0.15) is 28.5 Å². The van der Waals surface area contributed by atoms with Gasteiger partial charge in [-0.1, -0.05) is 25.1 Å². The highest BCUT2D eigenvalue weighted by molar-refractivity contribution is 5.95. The number of aromatic nitrogens is 2. The van der Waals surface area contributed by atoms with Gasteiger partial charge in [-0.2, -0.15) is 5.10 Å². The average Bonchev–Trinajstić information content (AvgIpc) is 3.16. The third-order valence-corrected chi connectivity index (χ3v) is 4.38. The fourth-order valence-electron chi connectivity index (χ4n) is 2.99. The Morgan fingerprint density at radius 1 is 1.11 bits per heavy atom. The van der Waals surface area contributed by atoms with Crippen LogP contribution in [0.2, 0.25) is 0 Å². The Labute approximate surface area is 158 Å². The van der Waals surface area contributed by atoms with Crippen LogP contribution in [0.15, 0.2) is 54.7 Å². The van der Waals surface area contributed by atoms with E-state index >= 15 is 0 Å². The van der Waals surface area contributed by atoms with E-state index in [9.17, 15) is 4.79 Å². The van der Waals surface area contributed by atoms with Crippen molar-refractivity contribution < 1.29 is 14.3 Å². The molecule has 0 spiro atoms. The highest BCUT2D eigenvalue weighted by atomic mass is 16.5. The average molecular weight is 365 g/mol. The normalized spacial score (nSPS) is 10.5. The van der Waals surface area contributed by atoms with E-state index in [1.165, 1.54) is 0 Å². The molecule has 0 bridgehead atoms. The smallest absolute Gasteiger partial charge is 0.255 e. The number of ether oxygens (including phenoxy) is 2. The summed E-state index contributed by atoms with van der Waals surface area (Å²) in [6, 6.07) is 15.3. The number of carbonyl (C=O) groups excluding carboxylic acids is 1. The van der Waals surface area contributed by atoms with Gasteiger partial charge in [0.1, 0.15) is 11.5 Å². The Kier molecular flexibility index (Phi) is 5.76. The highest BCUT2D eigenvalue weighted by Crippen LogP contribution is 2.24. The molecular weight excluding hydrogens is 342 g/mol. The van der Waals surface area contributed by atoms with E-state index < -0.39 is 0 Å². The molecule has 2 aromatic carbocycles. The van der Waals surface area contributed by atoms with E-state index in [1.54, 1.807) is 25.1 Å². The first-order chi connectivity index (χ1) is 13.2. The van der Waals surface area contributed by atoms with Crippen LogP contribution in [0.25, 0.3) is 5.69 Å². The van der Waals surface area contributed by atoms with Crippen LogP contribution < -0.4 is 14.8 Å². The summed E-state index contributed by atoms with van der Waals surface area (Å²) in [5.41, 5.74) is 3.22. The third kappa shape index (κ3) is 3.95. The summed E-state index contributed by atoms with van der Waals surface area (Å²) in [6.07, 6.45) is 2.31. The van der Waals surface area contributed by atoms with E-state index in [-0.39, 0.29) is 5.91 Å². The summed E-state index contributed by atoms with van der Waals surface area (Å²) in [6.45, 7) is 2.34. The molecule has 1 aromatic heterocycles. The minimum Gasteiger partial charge on any atom is -0.497 e. The predicted molar refractivity (Wildman–Crippen MR) is 104 cm³/mol. The molecule has 0 saturated carbocycles. The first kappa shape index (κ1) is 18.5. The van der Waals surface area contributed by atoms with Crippen molar-refractivity contribution in [2.45, 2.75) is 19.9 Å². The lowest BCUT2D eigenvalue weighted by Crippen LogP contribution is -2.24. The van der Waals surface area contributed by atoms with E-state index in [2.05, 4.69) is 10.4 Å². The van der Waals surface area contributed by atoms with Gasteiger partial charge >= 0.3 is 0 Å². The summed E-state index contributed by atoms with van der Waals surface area (Å²) >= 11 is 0. The van der Waals surface area contributed by atoms with Crippen molar-refractivity contribution in [3.63, 3.8) is 0 Å². The van der Waals surface area contributed by atoms with Gasteiger partial charge in [0, 0.05) is 12.1 Å². The summed E-state index contributed by atoms with van der Waals surface area (Å²) in [5.74, 6) is 1.25. The van der Waals surface area contributed by atoms with Crippen molar-refractivity contribution in [3.8, 4) is 17.2 Å². The molecule has 6 heteroatoms. The number of benzene rings is 2. The molecule has 3 rings (SSSR count). The SMILES string of the molecule is CCc1c(C(=O)NCc2cc(OC)ccc2OC)cnn1-c1ccccc1. The van der Waals surface area contributed by atoms with Crippen LogP contribution in [0.3, 0.4) is 0 Å². The number of nitrogens with one attached hydrogen (secondary N) is 1. The monoisotopic (exact) mass is 365 g/mol. The molecule has 27 heavy (non-hydrogen) atoms. The standard InChI is InChI=1S/C21H23N3O3/c1-4-19-18(14-23-24(19)16-8-6-5-7-9-16)21(25)22-13-15-12-17(26-2)10-11-20(15)27-3/h5-12,14H,4,13H2,1-3H3,(H,22,25). The second kappa shape index (κ2) is 8.40. The lowest BCUT2D eigenvalue weighted by molar-refractivity contribution is 0.0949. The Hall–Kier alpha value is -3.28. The van der Waals surface area contributed by atoms with Crippen LogP contribution in [0.4, 0.5) is 0 Å². The molecule has 0 atom stereocenters. The molecule has 0 unspecified atom stereocenters. The van der Waals surface area contributed by atoms with Crippen molar-refractivity contribution >= 4 is 5.91 Å². The molecule has 140 valence electrons. The molecule has 6 nitrogen and oxygen atoms in total. The fraction of sp³-hybridized carbons (Fsp3) is 0.238. The number of rotatable bonds is 7. The quantitative estimate of drug-likeness (QED) is 0.697. The van der Waals surface area contributed by atoms with Crippen LogP contribution in [-0.4, -0.2) is 29.9 Å². The number of nitrogens with zero attached hydrogens (tertiary/aromatic N) is 2. The number of carbonyl (C=O) groups is 1. The van der Waals surface area contributed by atoms with Gasteiger partial charge in [-0.25, -0.2) is 4.68 Å². The molecule has 3 aromatic rings. The molecule has 1 N–H and O–H groups in total. The first-order valence-electron chi connectivity index (χ1n) is 8.79. The highest BCUT2D eigenvalue weighted by Gasteiger charge is 2.17. The summed E-state index contributed by atoms with van der Waals surface area (Å²) in [5, 5.41) is 7.36. The van der Waals surface area contributed by atoms with Crippen LogP contribution in [-0.2, 0) is 13.0 Å². The summed E-state index contributed by atoms with van der Waals surface area (Å²) < 4.78 is 12.4. The summed E-state index contributed by atoms with van der Waals surface area (Å²) in [7, 11) is 3.21. The van der Waals surface area contributed by atoms with Crippen LogP contribution >= 0.6 is 0 Å². The van der Waals surface area contributed by atoms with Gasteiger partial charge in [-0.05, 0) is 36.8 Å². The Bertz CT molecular complexity index is 920. The Morgan fingerprint density at radius 3 is 2.56 bits per heavy atom. The van der Waals surface area contributed by atoms with Crippen molar-refractivity contribution in [1.29, 1.82) is 0 Å². The Balaban J connectivity index is 1.81.